The fourth-order valence-corrected chi connectivity index (χ4v) is 16.2. The summed E-state index contributed by atoms with van der Waals surface area (Å²) in [4.78, 5) is 0. The summed E-state index contributed by atoms with van der Waals surface area (Å²) in [6.45, 7) is 37.5. The molecule has 0 bridgehead atoms. The highest BCUT2D eigenvalue weighted by Gasteiger charge is 3.28. The molecule has 0 heterocycles. The SMILES string of the molecule is CC1(C)C2(C)C(C)(C)C3(C)C4(C)C(C)(C)C5(C)C(C)(C)C6(C)C1(C)C23C564. The van der Waals surface area contributed by atoms with E-state index in [9.17, 15) is 0 Å². The van der Waals surface area contributed by atoms with E-state index in [1.807, 2.05) is 0 Å². The van der Waals surface area contributed by atoms with Gasteiger partial charge in [0, 0.05) is 0 Å². The lowest BCUT2D eigenvalue weighted by molar-refractivity contribution is -0.845. The van der Waals surface area contributed by atoms with Crippen molar-refractivity contribution < 1.29 is 0 Å². The number of rotatable bonds is 0. The molecule has 6 rings (SSSR count). The van der Waals surface area contributed by atoms with Crippen molar-refractivity contribution in [3.63, 3.8) is 0 Å². The zero-order valence-electron chi connectivity index (χ0n) is 20.0. The first-order valence-electron chi connectivity index (χ1n) is 11.2. The molecule has 0 aromatic carbocycles. The fourth-order valence-electron chi connectivity index (χ4n) is 16.2. The van der Waals surface area contributed by atoms with Crippen molar-refractivity contribution in [3.05, 3.63) is 0 Å². The quantitative estimate of drug-likeness (QED) is 0.432. The first kappa shape index (κ1) is 16.9. The van der Waals surface area contributed by atoms with Gasteiger partial charge in [0.15, 0.2) is 0 Å². The average molecular weight is 355 g/mol. The summed E-state index contributed by atoms with van der Waals surface area (Å²) in [7, 11) is 0. The van der Waals surface area contributed by atoms with Crippen LogP contribution in [-0.2, 0) is 0 Å². The number of hydrogen-bond donors (Lipinski definition) is 0. The van der Waals surface area contributed by atoms with Gasteiger partial charge in [0.2, 0.25) is 0 Å². The largest absolute Gasteiger partial charge is 0.0588 e. The summed E-state index contributed by atoms with van der Waals surface area (Å²) in [5.74, 6) is 0. The van der Waals surface area contributed by atoms with E-state index in [0.717, 1.165) is 0 Å². The highest BCUT2D eigenvalue weighted by atomic mass is 15.3. The fraction of sp³-hybridized carbons (Fsp3) is 1.00. The van der Waals surface area contributed by atoms with Crippen molar-refractivity contribution in [3.8, 4) is 0 Å². The van der Waals surface area contributed by atoms with Crippen LogP contribution in [0.1, 0.15) is 96.9 Å². The highest BCUT2D eigenvalue weighted by molar-refractivity contribution is 5.74. The number of fused-ring (bicyclic) bond motifs is 2. The molecule has 6 fully saturated rings. The minimum Gasteiger partial charge on any atom is -0.0588 e. The van der Waals surface area contributed by atoms with E-state index in [0.29, 0.717) is 65.0 Å². The smallest absolute Gasteiger partial charge is 0.00302 e. The lowest BCUT2D eigenvalue weighted by Crippen LogP contribution is -3.27. The van der Waals surface area contributed by atoms with Gasteiger partial charge in [-0.15, -0.1) is 0 Å². The van der Waals surface area contributed by atoms with Gasteiger partial charge in [-0.25, -0.2) is 0 Å². The summed E-state index contributed by atoms with van der Waals surface area (Å²) >= 11 is 0. The molecule has 4 atom stereocenters. The third kappa shape index (κ3) is 0.542. The molecule has 0 heteroatoms. The molecule has 4 unspecified atom stereocenters. The zero-order valence-corrected chi connectivity index (χ0v) is 20.0. The lowest BCUT2D eigenvalue weighted by atomic mass is 8.73. The molecule has 0 aromatic heterocycles. The monoisotopic (exact) mass is 354 g/mol. The van der Waals surface area contributed by atoms with Gasteiger partial charge < -0.3 is 0 Å². The van der Waals surface area contributed by atoms with Crippen molar-refractivity contribution in [1.29, 1.82) is 0 Å². The van der Waals surface area contributed by atoms with Gasteiger partial charge >= 0.3 is 0 Å². The van der Waals surface area contributed by atoms with Crippen LogP contribution >= 0.6 is 0 Å². The standard InChI is InChI=1S/C26H42/c1-15(2)19(9)16(3,4)23(13)24(14)18(7,8)20(10)17(5,6)22(12)21(15,11)25(19,23)26(20,22)24/h1-14H3. The van der Waals surface area contributed by atoms with E-state index in [4.69, 9.17) is 0 Å². The molecule has 0 radical (unpaired) electrons. The Bertz CT molecular complexity index is 736. The van der Waals surface area contributed by atoms with Crippen LogP contribution in [0, 0.1) is 65.0 Å². The first-order chi connectivity index (χ1) is 11.2. The van der Waals surface area contributed by atoms with Gasteiger partial charge in [0.25, 0.3) is 0 Å². The van der Waals surface area contributed by atoms with E-state index in [1.54, 1.807) is 0 Å². The molecule has 0 nitrogen and oxygen atoms in total. The summed E-state index contributed by atoms with van der Waals surface area (Å²) < 4.78 is 0. The third-order valence-corrected chi connectivity index (χ3v) is 17.1. The van der Waals surface area contributed by atoms with Crippen LogP contribution in [0.25, 0.3) is 0 Å². The van der Waals surface area contributed by atoms with E-state index in [-0.39, 0.29) is 0 Å². The molecule has 6 saturated carbocycles. The van der Waals surface area contributed by atoms with E-state index < -0.39 is 0 Å². The van der Waals surface area contributed by atoms with Crippen molar-refractivity contribution in [2.75, 3.05) is 0 Å². The van der Waals surface area contributed by atoms with Crippen LogP contribution in [-0.4, -0.2) is 0 Å². The molecule has 146 valence electrons. The Kier molecular flexibility index (Phi) is 1.81. The molecule has 0 N–H and O–H groups in total. The summed E-state index contributed by atoms with van der Waals surface area (Å²) in [5.41, 5.74) is 5.50. The minimum atomic E-state index is 0.405. The van der Waals surface area contributed by atoms with Crippen LogP contribution < -0.4 is 0 Å². The Morgan fingerprint density at radius 2 is 0.385 bits per heavy atom. The maximum Gasteiger partial charge on any atom is -0.00302 e. The average Bonchev–Trinajstić information content (AvgIpc) is 2.52. The molecular formula is C26H42. The van der Waals surface area contributed by atoms with Gasteiger partial charge in [0.1, 0.15) is 0 Å². The highest BCUT2D eigenvalue weighted by Crippen LogP contribution is 3.31. The molecule has 0 aliphatic heterocycles. The van der Waals surface area contributed by atoms with Crippen molar-refractivity contribution in [2.24, 2.45) is 65.0 Å². The molecule has 6 aliphatic carbocycles. The maximum atomic E-state index is 2.74. The molecule has 2 spiro atoms. The van der Waals surface area contributed by atoms with Crippen LogP contribution in [0.4, 0.5) is 0 Å². The van der Waals surface area contributed by atoms with Gasteiger partial charge in [-0.1, -0.05) is 96.9 Å². The van der Waals surface area contributed by atoms with E-state index >= 15 is 0 Å². The number of hydrogen-bond acceptors (Lipinski definition) is 0. The Morgan fingerprint density at radius 1 is 0.231 bits per heavy atom. The van der Waals surface area contributed by atoms with Crippen LogP contribution in [0.3, 0.4) is 0 Å². The van der Waals surface area contributed by atoms with Crippen molar-refractivity contribution in [2.45, 2.75) is 96.9 Å². The van der Waals surface area contributed by atoms with E-state index in [2.05, 4.69) is 96.9 Å². The van der Waals surface area contributed by atoms with E-state index in [1.165, 1.54) is 0 Å². The van der Waals surface area contributed by atoms with Crippen molar-refractivity contribution >= 4 is 0 Å². The predicted molar refractivity (Wildman–Crippen MR) is 109 cm³/mol. The normalized spacial score (nSPS) is 75.5. The Balaban J connectivity index is 1.79. The Hall–Kier alpha value is 0. The summed E-state index contributed by atoms with van der Waals surface area (Å²) in [6.07, 6.45) is 0. The Morgan fingerprint density at radius 3 is 0.538 bits per heavy atom. The maximum absolute atomic E-state index is 2.74. The topological polar surface area (TPSA) is 0 Å². The van der Waals surface area contributed by atoms with Crippen LogP contribution in [0.15, 0.2) is 0 Å². The summed E-state index contributed by atoms with van der Waals surface area (Å²) in [6, 6.07) is 0. The second-order valence-corrected chi connectivity index (χ2v) is 14.8. The second kappa shape index (κ2) is 2.78. The van der Waals surface area contributed by atoms with Gasteiger partial charge in [-0.05, 0) is 65.0 Å². The first-order valence-corrected chi connectivity index (χ1v) is 11.2. The minimum absolute atomic E-state index is 0.405. The molecule has 6 aliphatic rings. The van der Waals surface area contributed by atoms with Gasteiger partial charge in [0.05, 0.1) is 0 Å². The van der Waals surface area contributed by atoms with Gasteiger partial charge in [-0.3, -0.25) is 0 Å². The second-order valence-electron chi connectivity index (χ2n) is 14.8. The molecule has 0 aromatic rings. The lowest BCUT2D eigenvalue weighted by Gasteiger charge is -3.30. The van der Waals surface area contributed by atoms with Crippen LogP contribution in [0.2, 0.25) is 0 Å². The Labute approximate surface area is 162 Å². The van der Waals surface area contributed by atoms with Crippen LogP contribution in [0.5, 0.6) is 0 Å². The van der Waals surface area contributed by atoms with Gasteiger partial charge in [-0.2, -0.15) is 0 Å². The third-order valence-electron chi connectivity index (χ3n) is 17.1. The molecular weight excluding hydrogens is 312 g/mol. The zero-order chi connectivity index (χ0) is 20.0. The summed E-state index contributed by atoms with van der Waals surface area (Å²) in [5, 5.41) is 0. The predicted octanol–water partition coefficient (Wildman–Crippen LogP) is 7.18. The van der Waals surface area contributed by atoms with Crippen molar-refractivity contribution in [1.82, 2.24) is 0 Å². The molecule has 26 heavy (non-hydrogen) atoms. The molecule has 0 amide bonds. The molecule has 0 saturated heterocycles.